The molecule has 0 unspecified atom stereocenters. The summed E-state index contributed by atoms with van der Waals surface area (Å²) in [6, 6.07) is 20.9. The van der Waals surface area contributed by atoms with E-state index in [-0.39, 0.29) is 11.7 Å². The Kier molecular flexibility index (Phi) is 6.33. The summed E-state index contributed by atoms with van der Waals surface area (Å²) in [4.78, 5) is 23.9. The minimum Gasteiger partial charge on any atom is -0.325 e. The minimum atomic E-state index is -0.108. The first-order valence-corrected chi connectivity index (χ1v) is 11.0. The van der Waals surface area contributed by atoms with Crippen LogP contribution < -0.4 is 5.32 Å². The lowest BCUT2D eigenvalue weighted by Gasteiger charge is -2.11. The molecule has 0 atom stereocenters. The van der Waals surface area contributed by atoms with Gasteiger partial charge in [-0.1, -0.05) is 30.3 Å². The first-order chi connectivity index (χ1) is 15.1. The lowest BCUT2D eigenvalue weighted by molar-refractivity contribution is -0.113. The van der Waals surface area contributed by atoms with Gasteiger partial charge in [-0.25, -0.2) is 4.68 Å². The topological polar surface area (TPSA) is 68.9 Å². The first kappa shape index (κ1) is 20.7. The largest absolute Gasteiger partial charge is 0.325 e. The van der Waals surface area contributed by atoms with Gasteiger partial charge in [-0.3, -0.25) is 9.59 Å². The Morgan fingerprint density at radius 3 is 2.52 bits per heavy atom. The summed E-state index contributed by atoms with van der Waals surface area (Å²) in [6.45, 7) is 1.51. The Hall–Kier alpha value is -3.58. The molecule has 6 nitrogen and oxygen atoms in total. The van der Waals surface area contributed by atoms with Gasteiger partial charge in [0.15, 0.2) is 5.78 Å². The number of nitrogens with zero attached hydrogens (tertiary/aromatic N) is 3. The minimum absolute atomic E-state index is 0.0292. The van der Waals surface area contributed by atoms with Gasteiger partial charge in [-0.2, -0.15) is 5.10 Å². The van der Waals surface area contributed by atoms with Gasteiger partial charge in [0.2, 0.25) is 5.91 Å². The molecule has 0 aliphatic carbocycles. The van der Waals surface area contributed by atoms with Crippen molar-refractivity contribution in [2.24, 2.45) is 0 Å². The molecule has 7 heteroatoms. The van der Waals surface area contributed by atoms with Crippen molar-refractivity contribution in [2.45, 2.75) is 12.7 Å². The van der Waals surface area contributed by atoms with E-state index in [0.717, 1.165) is 17.1 Å². The van der Waals surface area contributed by atoms with E-state index < -0.39 is 0 Å². The van der Waals surface area contributed by atoms with Gasteiger partial charge in [0.25, 0.3) is 0 Å². The average Bonchev–Trinajstić information content (AvgIpc) is 3.44. The van der Waals surface area contributed by atoms with Crippen molar-refractivity contribution in [3.63, 3.8) is 0 Å². The lowest BCUT2D eigenvalue weighted by Crippen LogP contribution is -2.14. The molecular weight excluding hydrogens is 408 g/mol. The van der Waals surface area contributed by atoms with Crippen molar-refractivity contribution in [1.82, 2.24) is 14.3 Å². The van der Waals surface area contributed by atoms with E-state index in [2.05, 4.69) is 10.4 Å². The molecule has 0 bridgehead atoms. The van der Waals surface area contributed by atoms with Crippen LogP contribution in [-0.2, 0) is 10.5 Å². The molecule has 0 spiro atoms. The Labute approximate surface area is 184 Å². The van der Waals surface area contributed by atoms with E-state index in [0.29, 0.717) is 22.8 Å². The van der Waals surface area contributed by atoms with E-state index >= 15 is 0 Å². The number of aromatic nitrogens is 3. The van der Waals surface area contributed by atoms with Gasteiger partial charge in [0, 0.05) is 35.0 Å². The summed E-state index contributed by atoms with van der Waals surface area (Å²) in [5.41, 5.74) is 3.22. The van der Waals surface area contributed by atoms with E-state index in [1.165, 1.54) is 18.7 Å². The highest BCUT2D eigenvalue weighted by atomic mass is 32.2. The Balaban J connectivity index is 1.44. The summed E-state index contributed by atoms with van der Waals surface area (Å²) >= 11 is 1.52. The highest BCUT2D eigenvalue weighted by molar-refractivity contribution is 7.99. The molecule has 2 heterocycles. The third kappa shape index (κ3) is 4.95. The molecule has 0 radical (unpaired) electrons. The van der Waals surface area contributed by atoms with Crippen LogP contribution in [0.4, 0.5) is 5.69 Å². The molecular formula is C24H22N4O2S. The fourth-order valence-corrected chi connectivity index (χ4v) is 4.04. The molecule has 2 aromatic carbocycles. The predicted molar refractivity (Wildman–Crippen MR) is 124 cm³/mol. The number of carbonyl (C=O) groups excluding carboxylic acids is 2. The van der Waals surface area contributed by atoms with Crippen molar-refractivity contribution < 1.29 is 9.59 Å². The fourth-order valence-electron chi connectivity index (χ4n) is 3.25. The van der Waals surface area contributed by atoms with Crippen LogP contribution in [0.15, 0.2) is 85.3 Å². The maximum atomic E-state index is 12.4. The predicted octanol–water partition coefficient (Wildman–Crippen LogP) is 4.74. The maximum absolute atomic E-state index is 12.4. The van der Waals surface area contributed by atoms with E-state index in [9.17, 15) is 9.59 Å². The summed E-state index contributed by atoms with van der Waals surface area (Å²) in [7, 11) is 0. The molecule has 2 aromatic heterocycles. The zero-order valence-electron chi connectivity index (χ0n) is 17.1. The number of amides is 1. The van der Waals surface area contributed by atoms with Gasteiger partial charge in [-0.15, -0.1) is 11.8 Å². The first-order valence-electron chi connectivity index (χ1n) is 9.86. The molecule has 31 heavy (non-hydrogen) atoms. The zero-order valence-corrected chi connectivity index (χ0v) is 17.9. The van der Waals surface area contributed by atoms with Crippen LogP contribution in [0.1, 0.15) is 22.8 Å². The Bertz CT molecular complexity index is 1180. The molecule has 0 saturated heterocycles. The molecule has 0 fully saturated rings. The number of ketones is 1. The average molecular weight is 431 g/mol. The van der Waals surface area contributed by atoms with Gasteiger partial charge >= 0.3 is 0 Å². The van der Waals surface area contributed by atoms with Crippen LogP contribution in [0, 0.1) is 0 Å². The van der Waals surface area contributed by atoms with Gasteiger partial charge in [0.1, 0.15) is 5.82 Å². The molecule has 4 rings (SSSR count). The zero-order chi connectivity index (χ0) is 21.6. The Morgan fingerprint density at radius 2 is 1.77 bits per heavy atom. The second-order valence-corrected chi connectivity index (χ2v) is 7.99. The highest BCUT2D eigenvalue weighted by Gasteiger charge is 2.14. The number of para-hydroxylation sites is 1. The highest BCUT2D eigenvalue weighted by Crippen LogP contribution is 2.24. The van der Waals surface area contributed by atoms with E-state index in [4.69, 9.17) is 0 Å². The van der Waals surface area contributed by atoms with Crippen molar-refractivity contribution in [2.75, 3.05) is 11.1 Å². The molecule has 4 aromatic rings. The second kappa shape index (κ2) is 9.49. The third-order valence-electron chi connectivity index (χ3n) is 4.71. The number of benzene rings is 2. The Morgan fingerprint density at radius 1 is 1.00 bits per heavy atom. The van der Waals surface area contributed by atoms with Crippen molar-refractivity contribution in [3.05, 3.63) is 96.4 Å². The van der Waals surface area contributed by atoms with E-state index in [1.54, 1.807) is 24.3 Å². The molecule has 156 valence electrons. The normalized spacial score (nSPS) is 10.7. The van der Waals surface area contributed by atoms with Crippen LogP contribution >= 0.6 is 11.8 Å². The second-order valence-electron chi connectivity index (χ2n) is 7.01. The number of hydrogen-bond donors (Lipinski definition) is 1. The van der Waals surface area contributed by atoms with Crippen LogP contribution in [-0.4, -0.2) is 31.8 Å². The van der Waals surface area contributed by atoms with Crippen LogP contribution in [0.5, 0.6) is 0 Å². The quantitative estimate of drug-likeness (QED) is 0.410. The number of hydrogen-bond acceptors (Lipinski definition) is 4. The smallest absolute Gasteiger partial charge is 0.234 e. The molecule has 1 amide bonds. The standard InChI is InChI=1S/C24H22N4O2S/c1-18(29)19-8-7-9-21(14-19)26-23(30)17-31-16-20-15-25-28(22-10-3-2-4-11-22)24(20)27-12-5-6-13-27/h2-15H,16-17H2,1H3,(H,26,30). The van der Waals surface area contributed by atoms with E-state index in [1.807, 2.05) is 70.3 Å². The maximum Gasteiger partial charge on any atom is 0.234 e. The summed E-state index contributed by atoms with van der Waals surface area (Å²) in [5.74, 6) is 1.76. The number of anilines is 1. The van der Waals surface area contributed by atoms with Crippen LogP contribution in [0.2, 0.25) is 0 Å². The fraction of sp³-hybridized carbons (Fsp3) is 0.125. The lowest BCUT2D eigenvalue weighted by atomic mass is 10.1. The van der Waals surface area contributed by atoms with Crippen molar-refractivity contribution in [1.29, 1.82) is 0 Å². The molecule has 1 N–H and O–H groups in total. The molecule has 0 saturated carbocycles. The number of carbonyl (C=O) groups is 2. The van der Waals surface area contributed by atoms with Crippen LogP contribution in [0.3, 0.4) is 0 Å². The third-order valence-corrected chi connectivity index (χ3v) is 5.69. The SMILES string of the molecule is CC(=O)c1cccc(NC(=O)CSCc2cnn(-c3ccccc3)c2-n2cccc2)c1. The van der Waals surface area contributed by atoms with Gasteiger partial charge in [-0.05, 0) is 43.3 Å². The summed E-state index contributed by atoms with van der Waals surface area (Å²) < 4.78 is 3.94. The number of rotatable bonds is 8. The monoisotopic (exact) mass is 430 g/mol. The van der Waals surface area contributed by atoms with Gasteiger partial charge in [0.05, 0.1) is 17.6 Å². The summed E-state index contributed by atoms with van der Waals surface area (Å²) in [5, 5.41) is 7.44. The molecule has 0 aliphatic rings. The summed E-state index contributed by atoms with van der Waals surface area (Å²) in [6.07, 6.45) is 5.82. The van der Waals surface area contributed by atoms with Crippen molar-refractivity contribution in [3.8, 4) is 11.5 Å². The van der Waals surface area contributed by atoms with Crippen molar-refractivity contribution >= 4 is 29.1 Å². The van der Waals surface area contributed by atoms with Crippen LogP contribution in [0.25, 0.3) is 11.5 Å². The van der Waals surface area contributed by atoms with Gasteiger partial charge < -0.3 is 9.88 Å². The number of Topliss-reactive ketones (excluding diaryl/α,β-unsaturated/α-hetero) is 1. The number of nitrogens with one attached hydrogen (secondary N) is 1. The molecule has 0 aliphatic heterocycles. The number of thioether (sulfide) groups is 1.